The largest absolute Gasteiger partial charge is 0.494 e. The van der Waals surface area contributed by atoms with Gasteiger partial charge in [-0.15, -0.1) is 0 Å². The zero-order valence-corrected chi connectivity index (χ0v) is 56.5. The maximum Gasteiger partial charge on any atom is 0.317 e. The normalized spacial score (nSPS) is 17.9. The number of aromatic nitrogens is 1. The van der Waals surface area contributed by atoms with Gasteiger partial charge in [0.25, 0.3) is 11.8 Å². The molecule has 7 N–H and O–H groups in total. The predicted octanol–water partition coefficient (Wildman–Crippen LogP) is 2.60. The summed E-state index contributed by atoms with van der Waals surface area (Å²) in [6.45, 7) is 7.05. The molecular formula is C65H90F2IN13O14. The number of carboxylic acids is 3. The fraction of sp³-hybridized carbons (Fsp3) is 0.600. The van der Waals surface area contributed by atoms with E-state index in [0.717, 1.165) is 20.5 Å². The fourth-order valence-electron chi connectivity index (χ4n) is 11.9. The van der Waals surface area contributed by atoms with Crippen LogP contribution in [0.1, 0.15) is 94.5 Å². The average Bonchev–Trinajstić information content (AvgIpc) is 1.75. The molecule has 3 atom stereocenters. The highest BCUT2D eigenvalue weighted by molar-refractivity contribution is 14.1. The number of aryl methyl sites for hydroxylation is 1. The van der Waals surface area contributed by atoms with Crippen molar-refractivity contribution in [2.75, 3.05) is 138 Å². The number of benzene rings is 2. The summed E-state index contributed by atoms with van der Waals surface area (Å²) in [5.41, 5.74) is 0.787. The monoisotopic (exact) mass is 1440 g/mol. The molecule has 27 nitrogen and oxygen atoms in total. The van der Waals surface area contributed by atoms with Gasteiger partial charge in [0.05, 0.1) is 63.0 Å². The molecule has 1 unspecified atom stereocenters. The van der Waals surface area contributed by atoms with Crippen molar-refractivity contribution in [3.8, 4) is 11.8 Å². The Morgan fingerprint density at radius 1 is 0.726 bits per heavy atom. The Bertz CT molecular complexity index is 3160. The first-order chi connectivity index (χ1) is 45.2. The molecule has 30 heteroatoms. The molecule has 0 bridgehead atoms. The molecule has 3 aliphatic heterocycles. The number of amides is 7. The van der Waals surface area contributed by atoms with Crippen LogP contribution in [-0.4, -0.2) is 269 Å². The van der Waals surface area contributed by atoms with E-state index in [1.807, 2.05) is 24.3 Å². The van der Waals surface area contributed by atoms with E-state index in [-0.39, 0.29) is 109 Å². The zero-order chi connectivity index (χ0) is 69.2. The first-order valence-electron chi connectivity index (χ1n) is 32.3. The molecule has 3 aromatic rings. The first-order valence-corrected chi connectivity index (χ1v) is 33.3. The average molecular weight is 1440 g/mol. The van der Waals surface area contributed by atoms with Crippen LogP contribution in [0.5, 0.6) is 5.75 Å². The Morgan fingerprint density at radius 2 is 1.32 bits per heavy atom. The fourth-order valence-corrected chi connectivity index (χ4v) is 12.2. The standard InChI is InChI=1S/C65H90F2IN13O14/c1-45(36-64(2,3)63(94)80-32-30-75(31-33-80)21-8-34-95-49-16-17-52-51(35-49)50(18-20-70-52)61(92)72-39-56(84)81-44-65(66,67)37-48(81)38-69)60(91)74-62(93)53(10-5-4-6-19-71-54(82)11-7-9-46-12-14-47(68)15-13-46)73-55(83)40-76-22-24-77(41-57(85)86)26-28-79(43-59(89)90)29-27-78(25-23-76)42-58(87)88/h12-18,20,35,45,48,53H,4-11,19,21-34,36-37,39-44H2,1-3H3,(H,71,82)(H,72,92)(H,73,83)(H,85,86)(H,87,88)(H,89,90)(H,74,91,93)/t45?,48-,53+/m1/s1. The number of aliphatic carboxylic acids is 3. The van der Waals surface area contributed by atoms with Crippen LogP contribution in [-0.2, 0) is 49.6 Å². The number of carbonyl (C=O) groups is 10. The number of fused-ring (bicyclic) bond motifs is 1. The number of halogens is 3. The van der Waals surface area contributed by atoms with Crippen LogP contribution in [0.2, 0.25) is 0 Å². The second-order valence-corrected chi connectivity index (χ2v) is 26.5. The van der Waals surface area contributed by atoms with Crippen molar-refractivity contribution in [2.24, 2.45) is 11.3 Å². The lowest BCUT2D eigenvalue weighted by atomic mass is 9.81. The Labute approximate surface area is 565 Å². The highest BCUT2D eigenvalue weighted by Gasteiger charge is 2.47. The third kappa shape index (κ3) is 26.2. The van der Waals surface area contributed by atoms with Crippen molar-refractivity contribution < 1.29 is 76.8 Å². The van der Waals surface area contributed by atoms with Gasteiger partial charge in [-0.3, -0.25) is 82.7 Å². The number of nitrogens with one attached hydrogen (secondary N) is 4. The lowest BCUT2D eigenvalue weighted by Gasteiger charge is -2.39. The number of ether oxygens (including phenoxy) is 1. The molecule has 7 amide bonds. The molecule has 520 valence electrons. The summed E-state index contributed by atoms with van der Waals surface area (Å²) >= 11 is 2.24. The van der Waals surface area contributed by atoms with Crippen LogP contribution in [0.15, 0.2) is 54.7 Å². The van der Waals surface area contributed by atoms with Crippen LogP contribution in [0.25, 0.3) is 10.9 Å². The van der Waals surface area contributed by atoms with Crippen molar-refractivity contribution in [1.29, 1.82) is 5.26 Å². The van der Waals surface area contributed by atoms with E-state index in [1.165, 1.54) is 12.3 Å². The van der Waals surface area contributed by atoms with Gasteiger partial charge in [-0.2, -0.15) is 5.26 Å². The van der Waals surface area contributed by atoms with Gasteiger partial charge in [-0.1, -0.05) is 45.7 Å². The second kappa shape index (κ2) is 37.7. The van der Waals surface area contributed by atoms with Crippen LogP contribution in [0, 0.1) is 26.2 Å². The Morgan fingerprint density at radius 3 is 1.91 bits per heavy atom. The highest BCUT2D eigenvalue weighted by Crippen LogP contribution is 2.32. The number of unbranched alkanes of at least 4 members (excludes halogenated alkanes) is 2. The van der Waals surface area contributed by atoms with Gasteiger partial charge < -0.3 is 45.8 Å². The number of nitriles is 1. The van der Waals surface area contributed by atoms with Gasteiger partial charge in [0.2, 0.25) is 35.4 Å². The van der Waals surface area contributed by atoms with Gasteiger partial charge in [0, 0.05) is 131 Å². The van der Waals surface area contributed by atoms with Crippen molar-refractivity contribution in [3.05, 3.63) is 69.4 Å². The number of alkyl halides is 2. The predicted molar refractivity (Wildman–Crippen MR) is 353 cm³/mol. The lowest BCUT2D eigenvalue weighted by Crippen LogP contribution is -2.54. The minimum atomic E-state index is -3.19. The summed E-state index contributed by atoms with van der Waals surface area (Å²) in [6, 6.07) is 13.9. The number of carbonyl (C=O) groups excluding carboxylic acids is 7. The van der Waals surface area contributed by atoms with E-state index in [1.54, 1.807) is 69.5 Å². The summed E-state index contributed by atoms with van der Waals surface area (Å²) in [6.07, 6.45) is 4.87. The third-order valence-corrected chi connectivity index (χ3v) is 17.8. The van der Waals surface area contributed by atoms with Gasteiger partial charge in [0.15, 0.2) is 0 Å². The molecule has 3 fully saturated rings. The summed E-state index contributed by atoms with van der Waals surface area (Å²) in [4.78, 5) is 146. The van der Waals surface area contributed by atoms with Gasteiger partial charge >= 0.3 is 17.9 Å². The molecule has 3 saturated heterocycles. The van der Waals surface area contributed by atoms with E-state index < -0.39 is 96.3 Å². The lowest BCUT2D eigenvalue weighted by molar-refractivity contribution is -0.144. The summed E-state index contributed by atoms with van der Waals surface area (Å²) in [7, 11) is 0. The Hall–Kier alpha value is -7.57. The topological polar surface area (TPSA) is 348 Å². The van der Waals surface area contributed by atoms with Crippen LogP contribution in [0.3, 0.4) is 0 Å². The van der Waals surface area contributed by atoms with E-state index in [4.69, 9.17) is 4.74 Å². The smallest absolute Gasteiger partial charge is 0.317 e. The summed E-state index contributed by atoms with van der Waals surface area (Å²) < 4.78 is 35.1. The first kappa shape index (κ1) is 76.4. The zero-order valence-electron chi connectivity index (χ0n) is 54.3. The number of carboxylic acid groups (broad SMARTS) is 3. The van der Waals surface area contributed by atoms with E-state index in [2.05, 4.69) is 53.7 Å². The molecular weight excluding hydrogens is 1350 g/mol. The van der Waals surface area contributed by atoms with E-state index >= 15 is 0 Å². The SMILES string of the molecule is CC(CC(C)(C)C(=O)N1CCN(CCCOc2ccc3nccc(C(=O)NCC(=O)N4CC(F)(F)C[C@@H]4C#N)c3c2)CC1)C(=O)NC(=O)[C@H](CCCCCNC(=O)CCCc1ccc(I)cc1)NC(=O)CN1CCN(CC(=O)O)CCN(CC(=O)O)CCN(CC(=O)O)CC1. The van der Waals surface area contributed by atoms with Crippen LogP contribution < -0.4 is 26.0 Å². The molecule has 0 aliphatic carbocycles. The maximum absolute atomic E-state index is 14.2. The number of hydrogen-bond donors (Lipinski definition) is 7. The van der Waals surface area contributed by atoms with E-state index in [9.17, 15) is 77.3 Å². The third-order valence-electron chi connectivity index (χ3n) is 17.0. The number of rotatable bonds is 32. The van der Waals surface area contributed by atoms with Crippen molar-refractivity contribution in [3.63, 3.8) is 0 Å². The minimum Gasteiger partial charge on any atom is -0.494 e. The minimum absolute atomic E-state index is 0.0781. The quantitative estimate of drug-likeness (QED) is 0.0349. The second-order valence-electron chi connectivity index (χ2n) is 25.2. The number of nitrogens with zero attached hydrogens (tertiary/aromatic N) is 9. The number of piperazine rings is 1. The number of likely N-dealkylation sites (tertiary alicyclic amines) is 1. The Kier molecular flexibility index (Phi) is 30.3. The van der Waals surface area contributed by atoms with Gasteiger partial charge in [-0.05, 0) is 103 Å². The van der Waals surface area contributed by atoms with Crippen molar-refractivity contribution >= 4 is 92.8 Å². The van der Waals surface area contributed by atoms with E-state index in [0.29, 0.717) is 101 Å². The Balaban J connectivity index is 0.993. The number of hydrogen-bond acceptors (Lipinski definition) is 18. The van der Waals surface area contributed by atoms with Crippen LogP contribution >= 0.6 is 22.6 Å². The van der Waals surface area contributed by atoms with Crippen molar-refractivity contribution in [2.45, 2.75) is 103 Å². The molecule has 95 heavy (non-hydrogen) atoms. The molecule has 0 spiro atoms. The van der Waals surface area contributed by atoms with Gasteiger partial charge in [0.1, 0.15) is 17.8 Å². The molecule has 6 rings (SSSR count). The summed E-state index contributed by atoms with van der Waals surface area (Å²) in [5.74, 6) is -10.5. The molecule has 4 heterocycles. The molecule has 3 aliphatic rings. The highest BCUT2D eigenvalue weighted by atomic mass is 127. The molecule has 0 saturated carbocycles. The number of imide groups is 1. The maximum atomic E-state index is 14.2. The van der Waals surface area contributed by atoms with Gasteiger partial charge in [-0.25, -0.2) is 8.78 Å². The van der Waals surface area contributed by atoms with Crippen LogP contribution in [0.4, 0.5) is 8.78 Å². The molecule has 0 radical (unpaired) electrons. The van der Waals surface area contributed by atoms with Crippen molar-refractivity contribution in [1.82, 2.24) is 60.6 Å². The molecule has 1 aromatic heterocycles. The summed E-state index contributed by atoms with van der Waals surface area (Å²) in [5, 5.41) is 49.4. The molecule has 2 aromatic carbocycles. The number of pyridine rings is 1.